The molecule has 2 rings (SSSR count). The Kier molecular flexibility index (Phi) is 4.90. The van der Waals surface area contributed by atoms with Crippen LogP contribution in [-0.2, 0) is 4.74 Å². The van der Waals surface area contributed by atoms with Gasteiger partial charge in [0.1, 0.15) is 0 Å². The summed E-state index contributed by atoms with van der Waals surface area (Å²) in [6, 6.07) is 0. The van der Waals surface area contributed by atoms with Gasteiger partial charge in [-0.05, 0) is 36.5 Å². The highest BCUT2D eigenvalue weighted by molar-refractivity contribution is 9.09. The average molecular weight is 304 g/mol. The molecule has 0 radical (unpaired) electrons. The molecule has 2 heterocycles. The van der Waals surface area contributed by atoms with Crippen LogP contribution in [0.1, 0.15) is 33.1 Å². The highest BCUT2D eigenvalue weighted by atomic mass is 79.9. The zero-order chi connectivity index (χ0) is 12.3. The van der Waals surface area contributed by atoms with Crippen LogP contribution in [0, 0.1) is 17.3 Å². The summed E-state index contributed by atoms with van der Waals surface area (Å²) in [5, 5.41) is 1.13. The molecule has 0 aromatic carbocycles. The van der Waals surface area contributed by atoms with Gasteiger partial charge in [0.25, 0.3) is 0 Å². The Balaban J connectivity index is 1.93. The number of likely N-dealkylation sites (tertiary alicyclic amines) is 1. The van der Waals surface area contributed by atoms with Gasteiger partial charge in [0.15, 0.2) is 0 Å². The zero-order valence-electron chi connectivity index (χ0n) is 11.3. The van der Waals surface area contributed by atoms with E-state index in [1.807, 2.05) is 0 Å². The van der Waals surface area contributed by atoms with Crippen molar-refractivity contribution in [2.45, 2.75) is 33.1 Å². The molecule has 3 heteroatoms. The first-order valence-corrected chi connectivity index (χ1v) is 8.12. The molecule has 0 saturated carbocycles. The summed E-state index contributed by atoms with van der Waals surface area (Å²) in [6.07, 6.45) is 3.84. The quantitative estimate of drug-likeness (QED) is 0.743. The largest absolute Gasteiger partial charge is 0.381 e. The van der Waals surface area contributed by atoms with Crippen LogP contribution in [0.3, 0.4) is 0 Å². The molecule has 2 saturated heterocycles. The summed E-state index contributed by atoms with van der Waals surface area (Å²) in [5.41, 5.74) is 0.467. The number of hydrogen-bond donors (Lipinski definition) is 0. The third-order valence-corrected chi connectivity index (χ3v) is 5.53. The van der Waals surface area contributed by atoms with Crippen LogP contribution in [0.2, 0.25) is 0 Å². The van der Waals surface area contributed by atoms with Crippen molar-refractivity contribution in [2.24, 2.45) is 17.3 Å². The Bertz CT molecular complexity index is 230. The van der Waals surface area contributed by atoms with Crippen LogP contribution >= 0.6 is 15.9 Å². The molecule has 2 unspecified atom stereocenters. The Labute approximate surface area is 114 Å². The van der Waals surface area contributed by atoms with Crippen molar-refractivity contribution in [3.05, 3.63) is 0 Å². The third kappa shape index (κ3) is 3.68. The van der Waals surface area contributed by atoms with Crippen LogP contribution in [-0.4, -0.2) is 43.1 Å². The summed E-state index contributed by atoms with van der Waals surface area (Å²) < 4.78 is 5.52. The SMILES string of the molecule is CC1CC(C)CN(CC2(CBr)CCOCC2)C1. The summed E-state index contributed by atoms with van der Waals surface area (Å²) in [6.45, 7) is 10.5. The Hall–Kier alpha value is 0.400. The van der Waals surface area contributed by atoms with Gasteiger partial charge in [-0.15, -0.1) is 0 Å². The molecule has 2 aliphatic rings. The van der Waals surface area contributed by atoms with Gasteiger partial charge in [0, 0.05) is 38.2 Å². The second-order valence-electron chi connectivity index (χ2n) is 6.39. The van der Waals surface area contributed by atoms with Gasteiger partial charge < -0.3 is 9.64 Å². The van der Waals surface area contributed by atoms with Crippen molar-refractivity contribution in [2.75, 3.05) is 38.2 Å². The lowest BCUT2D eigenvalue weighted by molar-refractivity contribution is -0.00281. The van der Waals surface area contributed by atoms with Gasteiger partial charge in [-0.25, -0.2) is 0 Å². The first kappa shape index (κ1) is 13.8. The van der Waals surface area contributed by atoms with Gasteiger partial charge >= 0.3 is 0 Å². The summed E-state index contributed by atoms with van der Waals surface area (Å²) in [7, 11) is 0. The van der Waals surface area contributed by atoms with Gasteiger partial charge in [0.05, 0.1) is 0 Å². The summed E-state index contributed by atoms with van der Waals surface area (Å²) in [4.78, 5) is 2.70. The second kappa shape index (κ2) is 6.03. The van der Waals surface area contributed by atoms with E-state index >= 15 is 0 Å². The van der Waals surface area contributed by atoms with E-state index in [0.29, 0.717) is 5.41 Å². The molecule has 2 fully saturated rings. The van der Waals surface area contributed by atoms with Crippen molar-refractivity contribution in [1.29, 1.82) is 0 Å². The van der Waals surface area contributed by atoms with Crippen LogP contribution < -0.4 is 0 Å². The smallest absolute Gasteiger partial charge is 0.0472 e. The van der Waals surface area contributed by atoms with E-state index in [0.717, 1.165) is 30.4 Å². The topological polar surface area (TPSA) is 12.5 Å². The maximum Gasteiger partial charge on any atom is 0.0472 e. The standard InChI is InChI=1S/C14H26BrNO/c1-12-7-13(2)9-16(8-12)11-14(10-15)3-5-17-6-4-14/h12-13H,3-11H2,1-2H3. The van der Waals surface area contributed by atoms with E-state index in [4.69, 9.17) is 4.74 Å². The molecule has 0 bridgehead atoms. The highest BCUT2D eigenvalue weighted by Crippen LogP contribution is 2.35. The highest BCUT2D eigenvalue weighted by Gasteiger charge is 2.35. The lowest BCUT2D eigenvalue weighted by Gasteiger charge is -2.43. The van der Waals surface area contributed by atoms with E-state index < -0.39 is 0 Å². The predicted molar refractivity (Wildman–Crippen MR) is 75.7 cm³/mol. The number of alkyl halides is 1. The third-order valence-electron chi connectivity index (χ3n) is 4.34. The van der Waals surface area contributed by atoms with Crippen LogP contribution in [0.15, 0.2) is 0 Å². The maximum absolute atomic E-state index is 5.52. The molecule has 0 spiro atoms. The molecule has 0 amide bonds. The van der Waals surface area contributed by atoms with E-state index in [1.54, 1.807) is 0 Å². The van der Waals surface area contributed by atoms with E-state index in [2.05, 4.69) is 34.7 Å². The molecule has 2 atom stereocenters. The van der Waals surface area contributed by atoms with E-state index in [9.17, 15) is 0 Å². The Morgan fingerprint density at radius 3 is 2.29 bits per heavy atom. The molecule has 0 aromatic rings. The minimum atomic E-state index is 0.467. The normalized spacial score (nSPS) is 34.8. The molecule has 0 N–H and O–H groups in total. The number of piperidine rings is 1. The number of ether oxygens (including phenoxy) is 1. The second-order valence-corrected chi connectivity index (χ2v) is 6.95. The Morgan fingerprint density at radius 2 is 1.76 bits per heavy atom. The van der Waals surface area contributed by atoms with E-state index in [-0.39, 0.29) is 0 Å². The van der Waals surface area contributed by atoms with E-state index in [1.165, 1.54) is 38.9 Å². The van der Waals surface area contributed by atoms with Crippen molar-refractivity contribution in [3.63, 3.8) is 0 Å². The predicted octanol–water partition coefficient (Wildman–Crippen LogP) is 3.16. The van der Waals surface area contributed by atoms with Gasteiger partial charge in [0.2, 0.25) is 0 Å². The van der Waals surface area contributed by atoms with Gasteiger partial charge in [-0.1, -0.05) is 29.8 Å². The van der Waals surface area contributed by atoms with Crippen LogP contribution in [0.5, 0.6) is 0 Å². The fourth-order valence-electron chi connectivity index (χ4n) is 3.53. The van der Waals surface area contributed by atoms with Crippen molar-refractivity contribution >= 4 is 15.9 Å². The molecular weight excluding hydrogens is 278 g/mol. The fourth-order valence-corrected chi connectivity index (χ4v) is 4.27. The number of hydrogen-bond acceptors (Lipinski definition) is 2. The monoisotopic (exact) mass is 303 g/mol. The Morgan fingerprint density at radius 1 is 1.18 bits per heavy atom. The maximum atomic E-state index is 5.52. The number of halogens is 1. The minimum absolute atomic E-state index is 0.467. The zero-order valence-corrected chi connectivity index (χ0v) is 12.8. The first-order chi connectivity index (χ1) is 8.13. The minimum Gasteiger partial charge on any atom is -0.381 e. The van der Waals surface area contributed by atoms with Crippen molar-refractivity contribution < 1.29 is 4.74 Å². The average Bonchev–Trinajstić information content (AvgIpc) is 2.29. The van der Waals surface area contributed by atoms with Crippen molar-refractivity contribution in [3.8, 4) is 0 Å². The molecule has 17 heavy (non-hydrogen) atoms. The lowest BCUT2D eigenvalue weighted by atomic mass is 9.80. The summed E-state index contributed by atoms with van der Waals surface area (Å²) in [5.74, 6) is 1.73. The fraction of sp³-hybridized carbons (Fsp3) is 1.00. The summed E-state index contributed by atoms with van der Waals surface area (Å²) >= 11 is 3.74. The van der Waals surface area contributed by atoms with Crippen LogP contribution in [0.25, 0.3) is 0 Å². The number of nitrogens with zero attached hydrogens (tertiary/aromatic N) is 1. The molecular formula is C14H26BrNO. The molecule has 0 aromatic heterocycles. The molecule has 0 aliphatic carbocycles. The first-order valence-electron chi connectivity index (χ1n) is 7.00. The van der Waals surface area contributed by atoms with Gasteiger partial charge in [-0.2, -0.15) is 0 Å². The molecule has 2 nitrogen and oxygen atoms in total. The number of rotatable bonds is 3. The molecule has 2 aliphatic heterocycles. The van der Waals surface area contributed by atoms with Crippen LogP contribution in [0.4, 0.5) is 0 Å². The lowest BCUT2D eigenvalue weighted by Crippen LogP contribution is -2.47. The van der Waals surface area contributed by atoms with Crippen molar-refractivity contribution in [1.82, 2.24) is 4.90 Å². The van der Waals surface area contributed by atoms with Gasteiger partial charge in [-0.3, -0.25) is 0 Å². The molecule has 100 valence electrons.